The number of hydrogen-bond donors (Lipinski definition) is 2. The van der Waals surface area contributed by atoms with Crippen molar-refractivity contribution in [2.75, 3.05) is 0 Å². The van der Waals surface area contributed by atoms with Crippen LogP contribution in [0.3, 0.4) is 0 Å². The van der Waals surface area contributed by atoms with Gasteiger partial charge in [-0.2, -0.15) is 0 Å². The number of guanidine groups is 1. The molecule has 0 radical (unpaired) electrons. The lowest BCUT2D eigenvalue weighted by molar-refractivity contribution is 0.625. The van der Waals surface area contributed by atoms with Gasteiger partial charge in [-0.3, -0.25) is 0 Å². The molecule has 0 saturated heterocycles. The number of aliphatic imine (C=N–C) groups is 1. The number of hydrogen-bond acceptors (Lipinski definition) is 2. The Morgan fingerprint density at radius 3 is 2.62 bits per heavy atom. The molecule has 3 N–H and O–H groups in total. The number of nitrogens with two attached hydrogens (primary N) is 1. The van der Waals surface area contributed by atoms with Crippen LogP contribution in [0, 0.1) is 0 Å². The molecule has 0 bridgehead atoms. The fraction of sp³-hybridized carbons (Fsp3) is 0.333. The quantitative estimate of drug-likeness (QED) is 0.549. The van der Waals surface area contributed by atoms with Crippen LogP contribution in [-0.2, 0) is 13.1 Å². The number of nitrogens with one attached hydrogen (secondary N) is 1. The Labute approximate surface area is 154 Å². The number of benzene rings is 2. The lowest BCUT2D eigenvalue weighted by Crippen LogP contribution is -2.38. The first-order chi connectivity index (χ1) is 12.8. The van der Waals surface area contributed by atoms with Crippen molar-refractivity contribution in [2.45, 2.75) is 44.8 Å². The molecule has 26 heavy (non-hydrogen) atoms. The molecule has 0 spiro atoms. The Kier molecular flexibility index (Phi) is 4.86. The summed E-state index contributed by atoms with van der Waals surface area (Å²) in [5.41, 5.74) is 10.6. The number of para-hydroxylation sites is 2. The van der Waals surface area contributed by atoms with Crippen LogP contribution in [0.15, 0.2) is 59.9 Å². The van der Waals surface area contributed by atoms with Crippen molar-refractivity contribution in [3.63, 3.8) is 0 Å². The summed E-state index contributed by atoms with van der Waals surface area (Å²) in [7, 11) is 0. The summed E-state index contributed by atoms with van der Waals surface area (Å²) in [4.78, 5) is 8.92. The first-order valence-corrected chi connectivity index (χ1v) is 9.32. The highest BCUT2D eigenvalue weighted by molar-refractivity contribution is 5.78. The third-order valence-corrected chi connectivity index (χ3v) is 5.04. The lowest BCUT2D eigenvalue weighted by Gasteiger charge is -2.12. The monoisotopic (exact) mass is 347 g/mol. The Balaban J connectivity index is 1.37. The van der Waals surface area contributed by atoms with E-state index in [9.17, 15) is 0 Å². The molecular weight excluding hydrogens is 322 g/mol. The second-order valence-electron chi connectivity index (χ2n) is 7.00. The first kappa shape index (κ1) is 16.6. The molecule has 1 saturated carbocycles. The molecule has 134 valence electrons. The van der Waals surface area contributed by atoms with E-state index in [1.807, 2.05) is 24.5 Å². The largest absolute Gasteiger partial charge is 0.370 e. The van der Waals surface area contributed by atoms with Crippen LogP contribution in [0.2, 0.25) is 0 Å². The second kappa shape index (κ2) is 7.60. The van der Waals surface area contributed by atoms with Crippen LogP contribution in [0.5, 0.6) is 0 Å². The number of rotatable bonds is 5. The van der Waals surface area contributed by atoms with Crippen LogP contribution >= 0.6 is 0 Å². The average Bonchev–Trinajstić information content (AvgIpc) is 3.32. The van der Waals surface area contributed by atoms with Gasteiger partial charge in [0.25, 0.3) is 0 Å². The molecule has 0 unspecified atom stereocenters. The summed E-state index contributed by atoms with van der Waals surface area (Å²) in [6.07, 6.45) is 6.89. The van der Waals surface area contributed by atoms with Gasteiger partial charge in [0, 0.05) is 12.6 Å². The highest BCUT2D eigenvalue weighted by atomic mass is 15.1. The summed E-state index contributed by atoms with van der Waals surface area (Å²) < 4.78 is 2.17. The molecule has 1 aliphatic carbocycles. The van der Waals surface area contributed by atoms with Crippen LogP contribution in [0.1, 0.15) is 36.8 Å². The molecule has 0 atom stereocenters. The Morgan fingerprint density at radius 2 is 1.81 bits per heavy atom. The molecule has 1 aliphatic rings. The van der Waals surface area contributed by atoms with E-state index < -0.39 is 0 Å². The van der Waals surface area contributed by atoms with Crippen molar-refractivity contribution >= 4 is 17.0 Å². The molecule has 1 aromatic heterocycles. The van der Waals surface area contributed by atoms with Crippen LogP contribution in [-0.4, -0.2) is 21.6 Å². The summed E-state index contributed by atoms with van der Waals surface area (Å²) >= 11 is 0. The first-order valence-electron chi connectivity index (χ1n) is 9.32. The maximum Gasteiger partial charge on any atom is 0.189 e. The molecule has 2 aromatic carbocycles. The normalized spacial score (nSPS) is 15.6. The third kappa shape index (κ3) is 3.87. The van der Waals surface area contributed by atoms with Crippen molar-refractivity contribution < 1.29 is 0 Å². The summed E-state index contributed by atoms with van der Waals surface area (Å²) in [6.45, 7) is 1.43. The smallest absolute Gasteiger partial charge is 0.189 e. The number of imidazole rings is 1. The fourth-order valence-electron chi connectivity index (χ4n) is 3.58. The molecule has 1 heterocycles. The Hall–Kier alpha value is -2.82. The molecular formula is C21H25N5. The van der Waals surface area contributed by atoms with Gasteiger partial charge in [-0.15, -0.1) is 0 Å². The van der Waals surface area contributed by atoms with Gasteiger partial charge >= 0.3 is 0 Å². The van der Waals surface area contributed by atoms with Gasteiger partial charge in [0.1, 0.15) is 0 Å². The van der Waals surface area contributed by atoms with Gasteiger partial charge < -0.3 is 15.6 Å². The second-order valence-corrected chi connectivity index (χ2v) is 7.00. The molecule has 4 rings (SSSR count). The predicted molar refractivity (Wildman–Crippen MR) is 106 cm³/mol. The minimum atomic E-state index is 0.506. The molecule has 5 nitrogen and oxygen atoms in total. The molecule has 0 amide bonds. The third-order valence-electron chi connectivity index (χ3n) is 5.04. The standard InChI is InChI=1S/C21H25N5/c22-21(25-18-5-1-2-6-18)23-13-16-9-11-17(12-10-16)14-26-15-24-19-7-3-4-8-20(19)26/h3-4,7-12,15,18H,1-2,5-6,13-14H2,(H3,22,23,25). The average molecular weight is 347 g/mol. The highest BCUT2D eigenvalue weighted by Gasteiger charge is 2.14. The Morgan fingerprint density at radius 1 is 1.08 bits per heavy atom. The zero-order valence-corrected chi connectivity index (χ0v) is 14.9. The highest BCUT2D eigenvalue weighted by Crippen LogP contribution is 2.17. The fourth-order valence-corrected chi connectivity index (χ4v) is 3.58. The molecule has 3 aromatic rings. The van der Waals surface area contributed by atoms with E-state index in [-0.39, 0.29) is 0 Å². The van der Waals surface area contributed by atoms with Gasteiger partial charge in [0.2, 0.25) is 0 Å². The Bertz CT molecular complexity index is 888. The van der Waals surface area contributed by atoms with Gasteiger partial charge in [-0.1, -0.05) is 49.2 Å². The SMILES string of the molecule is NC(=NCc1ccc(Cn2cnc3ccccc32)cc1)NC1CCCC1. The van der Waals surface area contributed by atoms with Crippen LogP contribution < -0.4 is 11.1 Å². The topological polar surface area (TPSA) is 68.2 Å². The van der Waals surface area contributed by atoms with E-state index in [2.05, 4.69) is 50.2 Å². The zero-order chi connectivity index (χ0) is 17.8. The zero-order valence-electron chi connectivity index (χ0n) is 14.9. The van der Waals surface area contributed by atoms with E-state index >= 15 is 0 Å². The van der Waals surface area contributed by atoms with E-state index in [4.69, 9.17) is 5.73 Å². The van der Waals surface area contributed by atoms with Crippen molar-refractivity contribution in [3.8, 4) is 0 Å². The van der Waals surface area contributed by atoms with E-state index in [1.165, 1.54) is 36.8 Å². The predicted octanol–water partition coefficient (Wildman–Crippen LogP) is 3.43. The van der Waals surface area contributed by atoms with Crippen molar-refractivity contribution in [1.82, 2.24) is 14.9 Å². The van der Waals surface area contributed by atoms with Crippen LogP contribution in [0.25, 0.3) is 11.0 Å². The minimum Gasteiger partial charge on any atom is -0.370 e. The van der Waals surface area contributed by atoms with Crippen molar-refractivity contribution in [2.24, 2.45) is 10.7 Å². The summed E-state index contributed by atoms with van der Waals surface area (Å²) in [5, 5.41) is 3.32. The molecule has 1 fully saturated rings. The van der Waals surface area contributed by atoms with E-state index in [1.54, 1.807) is 0 Å². The van der Waals surface area contributed by atoms with Crippen LogP contribution in [0.4, 0.5) is 0 Å². The number of aromatic nitrogens is 2. The number of fused-ring (bicyclic) bond motifs is 1. The lowest BCUT2D eigenvalue weighted by atomic mass is 10.1. The van der Waals surface area contributed by atoms with Gasteiger partial charge in [-0.05, 0) is 36.1 Å². The maximum atomic E-state index is 6.00. The van der Waals surface area contributed by atoms with Crippen molar-refractivity contribution in [1.29, 1.82) is 0 Å². The van der Waals surface area contributed by atoms with E-state index in [0.717, 1.165) is 17.6 Å². The molecule has 0 aliphatic heterocycles. The summed E-state index contributed by atoms with van der Waals surface area (Å²) in [5.74, 6) is 0.561. The van der Waals surface area contributed by atoms with Gasteiger partial charge in [0.15, 0.2) is 5.96 Å². The molecule has 5 heteroatoms. The summed E-state index contributed by atoms with van der Waals surface area (Å²) in [6, 6.07) is 17.3. The van der Waals surface area contributed by atoms with Gasteiger partial charge in [-0.25, -0.2) is 9.98 Å². The number of nitrogens with zero attached hydrogens (tertiary/aromatic N) is 3. The van der Waals surface area contributed by atoms with Gasteiger partial charge in [0.05, 0.1) is 23.9 Å². The van der Waals surface area contributed by atoms with E-state index in [0.29, 0.717) is 18.5 Å². The maximum absolute atomic E-state index is 6.00. The minimum absolute atomic E-state index is 0.506. The van der Waals surface area contributed by atoms with Crippen molar-refractivity contribution in [3.05, 3.63) is 66.0 Å².